The third-order valence-electron chi connectivity index (χ3n) is 4.10. The molecule has 3 rings (SSSR count). The van der Waals surface area contributed by atoms with Crippen LogP contribution in [0.25, 0.3) is 0 Å². The third-order valence-corrected chi connectivity index (χ3v) is 4.71. The van der Waals surface area contributed by atoms with E-state index >= 15 is 0 Å². The summed E-state index contributed by atoms with van der Waals surface area (Å²) in [4.78, 5) is 27.1. The SMILES string of the molecule is O=C(O[C@@H](C(=O)N1CCOCC1)c1ccccc1)c1cc(F)c(Cl)cc1Cl. The molecule has 0 spiro atoms. The Kier molecular flexibility index (Phi) is 6.31. The second kappa shape index (κ2) is 8.69. The number of rotatable bonds is 4. The fraction of sp³-hybridized carbons (Fsp3) is 0.263. The lowest BCUT2D eigenvalue weighted by atomic mass is 10.1. The molecule has 1 aliphatic rings. The van der Waals surface area contributed by atoms with Gasteiger partial charge >= 0.3 is 5.97 Å². The van der Waals surface area contributed by atoms with Crippen LogP contribution in [0.15, 0.2) is 42.5 Å². The molecule has 1 fully saturated rings. The number of ether oxygens (including phenoxy) is 2. The maximum absolute atomic E-state index is 13.7. The molecule has 1 saturated heterocycles. The average Bonchev–Trinajstić information content (AvgIpc) is 2.69. The van der Waals surface area contributed by atoms with Crippen molar-refractivity contribution in [3.8, 4) is 0 Å². The van der Waals surface area contributed by atoms with Gasteiger partial charge < -0.3 is 14.4 Å². The van der Waals surface area contributed by atoms with Gasteiger partial charge in [0.2, 0.25) is 6.10 Å². The Labute approximate surface area is 165 Å². The van der Waals surface area contributed by atoms with Crippen LogP contribution in [0.1, 0.15) is 22.0 Å². The van der Waals surface area contributed by atoms with Crippen LogP contribution in [0.5, 0.6) is 0 Å². The van der Waals surface area contributed by atoms with Gasteiger partial charge in [-0.3, -0.25) is 4.79 Å². The van der Waals surface area contributed by atoms with Crippen molar-refractivity contribution in [3.05, 3.63) is 69.5 Å². The number of esters is 1. The summed E-state index contributed by atoms with van der Waals surface area (Å²) in [5.41, 5.74) is 0.308. The number of hydrogen-bond donors (Lipinski definition) is 0. The van der Waals surface area contributed by atoms with Gasteiger partial charge in [-0.25, -0.2) is 9.18 Å². The number of hydrogen-bond acceptors (Lipinski definition) is 4. The zero-order chi connectivity index (χ0) is 19.4. The van der Waals surface area contributed by atoms with E-state index in [1.54, 1.807) is 35.2 Å². The molecule has 1 heterocycles. The highest BCUT2D eigenvalue weighted by Crippen LogP contribution is 2.28. The number of amides is 1. The van der Waals surface area contributed by atoms with Crippen molar-refractivity contribution in [1.29, 1.82) is 0 Å². The molecular weight excluding hydrogens is 396 g/mol. The molecule has 142 valence electrons. The molecule has 0 saturated carbocycles. The van der Waals surface area contributed by atoms with Crippen molar-refractivity contribution in [2.75, 3.05) is 26.3 Å². The average molecular weight is 412 g/mol. The summed E-state index contributed by atoms with van der Waals surface area (Å²) in [6, 6.07) is 10.6. The van der Waals surface area contributed by atoms with E-state index in [-0.39, 0.29) is 21.5 Å². The van der Waals surface area contributed by atoms with Crippen molar-refractivity contribution in [2.45, 2.75) is 6.10 Å². The van der Waals surface area contributed by atoms with E-state index in [2.05, 4.69) is 0 Å². The smallest absolute Gasteiger partial charge is 0.340 e. The Morgan fingerprint density at radius 3 is 2.41 bits per heavy atom. The van der Waals surface area contributed by atoms with Crippen LogP contribution in [-0.2, 0) is 14.3 Å². The van der Waals surface area contributed by atoms with E-state index in [9.17, 15) is 14.0 Å². The standard InChI is InChI=1S/C19H16Cl2FNO4/c20-14-11-15(21)16(22)10-13(14)19(25)27-17(12-4-2-1-3-5-12)18(24)23-6-8-26-9-7-23/h1-5,10-11,17H,6-9H2/t17-/m1/s1. The van der Waals surface area contributed by atoms with Crippen LogP contribution in [-0.4, -0.2) is 43.1 Å². The summed E-state index contributed by atoms with van der Waals surface area (Å²) in [6.07, 6.45) is -1.17. The predicted molar refractivity (Wildman–Crippen MR) is 98.4 cm³/mol. The number of halogens is 3. The van der Waals surface area contributed by atoms with Gasteiger partial charge in [-0.15, -0.1) is 0 Å². The summed E-state index contributed by atoms with van der Waals surface area (Å²) in [5, 5.41) is -0.266. The Hall–Kier alpha value is -2.15. The summed E-state index contributed by atoms with van der Waals surface area (Å²) in [6.45, 7) is 1.62. The molecule has 1 aliphatic heterocycles. The van der Waals surface area contributed by atoms with Gasteiger partial charge in [-0.05, 0) is 12.1 Å². The Morgan fingerprint density at radius 2 is 1.74 bits per heavy atom. The molecule has 1 atom stereocenters. The first-order chi connectivity index (χ1) is 13.0. The quantitative estimate of drug-likeness (QED) is 0.565. The maximum atomic E-state index is 13.7. The van der Waals surface area contributed by atoms with E-state index in [0.717, 1.165) is 12.1 Å². The molecule has 2 aromatic rings. The first-order valence-electron chi connectivity index (χ1n) is 8.24. The van der Waals surface area contributed by atoms with Crippen molar-refractivity contribution >= 4 is 35.1 Å². The van der Waals surface area contributed by atoms with E-state index < -0.39 is 17.9 Å². The normalized spacial score (nSPS) is 15.3. The lowest BCUT2D eigenvalue weighted by Crippen LogP contribution is -2.44. The lowest BCUT2D eigenvalue weighted by molar-refractivity contribution is -0.145. The highest BCUT2D eigenvalue weighted by atomic mass is 35.5. The van der Waals surface area contributed by atoms with Gasteiger partial charge in [-0.2, -0.15) is 0 Å². The minimum atomic E-state index is -1.17. The lowest BCUT2D eigenvalue weighted by Gasteiger charge is -2.30. The van der Waals surface area contributed by atoms with Gasteiger partial charge in [0, 0.05) is 18.7 Å². The summed E-state index contributed by atoms with van der Waals surface area (Å²) < 4.78 is 24.4. The minimum Gasteiger partial charge on any atom is -0.444 e. The highest BCUT2D eigenvalue weighted by Gasteiger charge is 2.31. The molecule has 0 bridgehead atoms. The first-order valence-corrected chi connectivity index (χ1v) is 9.00. The zero-order valence-corrected chi connectivity index (χ0v) is 15.7. The van der Waals surface area contributed by atoms with Gasteiger partial charge in [0.25, 0.3) is 5.91 Å². The van der Waals surface area contributed by atoms with E-state index in [4.69, 9.17) is 32.7 Å². The number of carbonyl (C=O) groups excluding carboxylic acids is 2. The number of carbonyl (C=O) groups is 2. The largest absolute Gasteiger partial charge is 0.444 e. The number of benzene rings is 2. The van der Waals surface area contributed by atoms with Gasteiger partial charge in [0.1, 0.15) is 5.82 Å². The summed E-state index contributed by atoms with van der Waals surface area (Å²) in [5.74, 6) is -2.08. The fourth-order valence-corrected chi connectivity index (χ4v) is 3.15. The van der Waals surface area contributed by atoms with Crippen molar-refractivity contribution in [1.82, 2.24) is 4.90 Å². The molecule has 0 N–H and O–H groups in total. The molecule has 8 heteroatoms. The molecule has 0 aromatic heterocycles. The topological polar surface area (TPSA) is 55.8 Å². The van der Waals surface area contributed by atoms with Crippen LogP contribution in [0, 0.1) is 5.82 Å². The molecule has 27 heavy (non-hydrogen) atoms. The van der Waals surface area contributed by atoms with Crippen LogP contribution < -0.4 is 0 Å². The zero-order valence-electron chi connectivity index (χ0n) is 14.2. The molecule has 0 unspecified atom stereocenters. The van der Waals surface area contributed by atoms with Crippen LogP contribution in [0.4, 0.5) is 4.39 Å². The first kappa shape index (κ1) is 19.6. The van der Waals surface area contributed by atoms with E-state index in [1.165, 1.54) is 0 Å². The fourth-order valence-electron chi connectivity index (χ4n) is 2.69. The number of morpholine rings is 1. The Balaban J connectivity index is 1.88. The molecule has 1 amide bonds. The monoisotopic (exact) mass is 411 g/mol. The third kappa shape index (κ3) is 4.58. The summed E-state index contributed by atoms with van der Waals surface area (Å²) >= 11 is 11.7. The second-order valence-corrected chi connectivity index (χ2v) is 6.69. The van der Waals surface area contributed by atoms with Crippen LogP contribution >= 0.6 is 23.2 Å². The van der Waals surface area contributed by atoms with Crippen molar-refractivity contribution < 1.29 is 23.5 Å². The maximum Gasteiger partial charge on any atom is 0.340 e. The van der Waals surface area contributed by atoms with Gasteiger partial charge in [0.15, 0.2) is 0 Å². The highest BCUT2D eigenvalue weighted by molar-refractivity contribution is 6.36. The van der Waals surface area contributed by atoms with Crippen molar-refractivity contribution in [3.63, 3.8) is 0 Å². The van der Waals surface area contributed by atoms with E-state index in [0.29, 0.717) is 31.9 Å². The molecule has 0 aliphatic carbocycles. The summed E-state index contributed by atoms with van der Waals surface area (Å²) in [7, 11) is 0. The van der Waals surface area contributed by atoms with Crippen LogP contribution in [0.3, 0.4) is 0 Å². The Morgan fingerprint density at radius 1 is 1.07 bits per heavy atom. The Bertz CT molecular complexity index is 841. The van der Waals surface area contributed by atoms with Crippen LogP contribution in [0.2, 0.25) is 10.0 Å². The van der Waals surface area contributed by atoms with E-state index in [1.807, 2.05) is 0 Å². The molecular formula is C19H16Cl2FNO4. The second-order valence-electron chi connectivity index (χ2n) is 5.88. The number of nitrogens with zero attached hydrogens (tertiary/aromatic N) is 1. The molecule has 0 radical (unpaired) electrons. The molecule has 2 aromatic carbocycles. The minimum absolute atomic E-state index is 0.0583. The van der Waals surface area contributed by atoms with Gasteiger partial charge in [0.05, 0.1) is 28.8 Å². The molecule has 5 nitrogen and oxygen atoms in total. The predicted octanol–water partition coefficient (Wildman–Crippen LogP) is 3.89. The van der Waals surface area contributed by atoms with Crippen molar-refractivity contribution in [2.24, 2.45) is 0 Å². The van der Waals surface area contributed by atoms with Gasteiger partial charge in [-0.1, -0.05) is 53.5 Å².